The SMILES string of the molecule is O=C(NCCCn1ccc2ccccc21)c1ccc(=O)n(Cc2ccccc2)n1. The molecule has 0 atom stereocenters. The summed E-state index contributed by atoms with van der Waals surface area (Å²) in [6.45, 7) is 1.68. The van der Waals surface area contributed by atoms with Crippen molar-refractivity contribution in [3.05, 3.63) is 101 Å². The first-order valence-electron chi connectivity index (χ1n) is 9.65. The predicted octanol–water partition coefficient (Wildman–Crippen LogP) is 3.07. The van der Waals surface area contributed by atoms with Crippen LogP contribution in [0.5, 0.6) is 0 Å². The fourth-order valence-corrected chi connectivity index (χ4v) is 3.32. The summed E-state index contributed by atoms with van der Waals surface area (Å²) in [5.41, 5.74) is 2.16. The zero-order chi connectivity index (χ0) is 20.1. The summed E-state index contributed by atoms with van der Waals surface area (Å²) in [6, 6.07) is 22.8. The largest absolute Gasteiger partial charge is 0.351 e. The lowest BCUT2D eigenvalue weighted by atomic mass is 10.2. The van der Waals surface area contributed by atoms with Crippen LogP contribution < -0.4 is 10.9 Å². The molecule has 1 N–H and O–H groups in total. The number of nitrogens with one attached hydrogen (secondary N) is 1. The molecule has 29 heavy (non-hydrogen) atoms. The second-order valence-electron chi connectivity index (χ2n) is 6.88. The minimum absolute atomic E-state index is 0.232. The molecule has 0 aliphatic rings. The number of carbonyl (C=O) groups is 1. The second kappa shape index (κ2) is 8.56. The van der Waals surface area contributed by atoms with Gasteiger partial charge in [-0.25, -0.2) is 4.68 Å². The lowest BCUT2D eigenvalue weighted by molar-refractivity contribution is 0.0945. The molecular weight excluding hydrogens is 364 g/mol. The van der Waals surface area contributed by atoms with E-state index >= 15 is 0 Å². The van der Waals surface area contributed by atoms with E-state index in [1.807, 2.05) is 42.5 Å². The Bertz CT molecular complexity index is 1180. The Hall–Kier alpha value is -3.67. The quantitative estimate of drug-likeness (QED) is 0.496. The Kier molecular flexibility index (Phi) is 5.52. The maximum Gasteiger partial charge on any atom is 0.271 e. The molecule has 2 heterocycles. The van der Waals surface area contributed by atoms with Gasteiger partial charge in [-0.1, -0.05) is 48.5 Å². The molecule has 2 aromatic carbocycles. The Morgan fingerprint density at radius 3 is 2.59 bits per heavy atom. The van der Waals surface area contributed by atoms with E-state index in [1.165, 1.54) is 27.7 Å². The molecule has 1 amide bonds. The van der Waals surface area contributed by atoms with Crippen LogP contribution in [0.1, 0.15) is 22.5 Å². The highest BCUT2D eigenvalue weighted by atomic mass is 16.2. The zero-order valence-corrected chi connectivity index (χ0v) is 16.0. The van der Waals surface area contributed by atoms with Gasteiger partial charge >= 0.3 is 0 Å². The molecule has 0 unspecified atom stereocenters. The third-order valence-electron chi connectivity index (χ3n) is 4.82. The van der Waals surface area contributed by atoms with Crippen LogP contribution in [0.15, 0.2) is 83.8 Å². The molecule has 0 spiro atoms. The summed E-state index contributed by atoms with van der Waals surface area (Å²) in [5, 5.41) is 8.32. The molecule has 0 aliphatic carbocycles. The van der Waals surface area contributed by atoms with E-state index in [9.17, 15) is 9.59 Å². The molecule has 0 saturated carbocycles. The molecule has 0 saturated heterocycles. The van der Waals surface area contributed by atoms with Crippen molar-refractivity contribution in [2.24, 2.45) is 0 Å². The fraction of sp³-hybridized carbons (Fsp3) is 0.174. The molecule has 6 heteroatoms. The van der Waals surface area contributed by atoms with Crippen molar-refractivity contribution < 1.29 is 4.79 Å². The molecule has 0 aliphatic heterocycles. The number of amides is 1. The monoisotopic (exact) mass is 386 g/mol. The van der Waals surface area contributed by atoms with Crippen LogP contribution in [0.3, 0.4) is 0 Å². The van der Waals surface area contributed by atoms with Gasteiger partial charge in [-0.15, -0.1) is 0 Å². The first-order valence-corrected chi connectivity index (χ1v) is 9.65. The molecule has 2 aromatic heterocycles. The van der Waals surface area contributed by atoms with Crippen molar-refractivity contribution in [3.8, 4) is 0 Å². The summed E-state index contributed by atoms with van der Waals surface area (Å²) in [6.07, 6.45) is 2.86. The van der Waals surface area contributed by atoms with Crippen molar-refractivity contribution in [1.29, 1.82) is 0 Å². The number of aromatic nitrogens is 3. The molecule has 0 bridgehead atoms. The smallest absolute Gasteiger partial charge is 0.271 e. The lowest BCUT2D eigenvalue weighted by Gasteiger charge is -2.09. The number of hydrogen-bond donors (Lipinski definition) is 1. The van der Waals surface area contributed by atoms with Crippen LogP contribution in [0.2, 0.25) is 0 Å². The minimum Gasteiger partial charge on any atom is -0.351 e. The van der Waals surface area contributed by atoms with Gasteiger partial charge in [0.1, 0.15) is 5.69 Å². The van der Waals surface area contributed by atoms with E-state index in [-0.39, 0.29) is 17.2 Å². The highest BCUT2D eigenvalue weighted by molar-refractivity contribution is 5.91. The van der Waals surface area contributed by atoms with E-state index < -0.39 is 0 Å². The highest BCUT2D eigenvalue weighted by Crippen LogP contribution is 2.15. The van der Waals surface area contributed by atoms with Gasteiger partial charge in [-0.2, -0.15) is 5.10 Å². The van der Waals surface area contributed by atoms with Crippen LogP contribution in [-0.4, -0.2) is 26.8 Å². The minimum atomic E-state index is -0.274. The average Bonchev–Trinajstić information content (AvgIpc) is 3.16. The van der Waals surface area contributed by atoms with Gasteiger partial charge in [0.15, 0.2) is 0 Å². The Morgan fingerprint density at radius 2 is 1.72 bits per heavy atom. The number of carbonyl (C=O) groups excluding carboxylic acids is 1. The maximum absolute atomic E-state index is 12.4. The van der Waals surface area contributed by atoms with Gasteiger partial charge in [0.2, 0.25) is 0 Å². The molecule has 146 valence electrons. The normalized spacial score (nSPS) is 10.9. The first kappa shape index (κ1) is 18.7. The van der Waals surface area contributed by atoms with Crippen molar-refractivity contribution in [1.82, 2.24) is 19.7 Å². The van der Waals surface area contributed by atoms with E-state index in [0.717, 1.165) is 18.5 Å². The summed E-state index contributed by atoms with van der Waals surface area (Å²) >= 11 is 0. The standard InChI is InChI=1S/C23H22N4O2/c28-22-12-11-20(25-27(22)17-18-7-2-1-3-8-18)23(29)24-14-6-15-26-16-13-19-9-4-5-10-21(19)26/h1-5,7-13,16H,6,14-15,17H2,(H,24,29). The number of aryl methyl sites for hydroxylation is 1. The number of nitrogens with zero attached hydrogens (tertiary/aromatic N) is 3. The Labute approximate surface area is 168 Å². The topological polar surface area (TPSA) is 68.9 Å². The molecule has 0 radical (unpaired) electrons. The molecule has 6 nitrogen and oxygen atoms in total. The third-order valence-corrected chi connectivity index (χ3v) is 4.82. The van der Waals surface area contributed by atoms with Crippen molar-refractivity contribution in [2.75, 3.05) is 6.54 Å². The van der Waals surface area contributed by atoms with Crippen molar-refractivity contribution in [2.45, 2.75) is 19.5 Å². The number of hydrogen-bond acceptors (Lipinski definition) is 3. The number of rotatable bonds is 7. The third kappa shape index (κ3) is 4.43. The second-order valence-corrected chi connectivity index (χ2v) is 6.88. The summed E-state index contributed by atoms with van der Waals surface area (Å²) in [7, 11) is 0. The fourth-order valence-electron chi connectivity index (χ4n) is 3.32. The zero-order valence-electron chi connectivity index (χ0n) is 16.0. The van der Waals surface area contributed by atoms with Gasteiger partial charge in [-0.05, 0) is 35.6 Å². The summed E-state index contributed by atoms with van der Waals surface area (Å²) in [5.74, 6) is -0.274. The van der Waals surface area contributed by atoms with Gasteiger partial charge in [-0.3, -0.25) is 9.59 Å². The van der Waals surface area contributed by atoms with E-state index in [2.05, 4.69) is 39.4 Å². The molecule has 4 rings (SSSR count). The van der Waals surface area contributed by atoms with E-state index in [4.69, 9.17) is 0 Å². The summed E-state index contributed by atoms with van der Waals surface area (Å²) < 4.78 is 3.50. The number of para-hydroxylation sites is 1. The van der Waals surface area contributed by atoms with Crippen LogP contribution in [0.4, 0.5) is 0 Å². The van der Waals surface area contributed by atoms with Crippen LogP contribution in [0.25, 0.3) is 10.9 Å². The van der Waals surface area contributed by atoms with E-state index in [0.29, 0.717) is 13.1 Å². The van der Waals surface area contributed by atoms with Gasteiger partial charge in [0.25, 0.3) is 11.5 Å². The number of fused-ring (bicyclic) bond motifs is 1. The average molecular weight is 386 g/mol. The van der Waals surface area contributed by atoms with Crippen molar-refractivity contribution in [3.63, 3.8) is 0 Å². The first-order chi connectivity index (χ1) is 14.2. The number of benzene rings is 2. The van der Waals surface area contributed by atoms with Gasteiger partial charge in [0.05, 0.1) is 6.54 Å². The Morgan fingerprint density at radius 1 is 0.931 bits per heavy atom. The van der Waals surface area contributed by atoms with Crippen LogP contribution in [-0.2, 0) is 13.1 Å². The molecule has 4 aromatic rings. The molecular formula is C23H22N4O2. The van der Waals surface area contributed by atoms with Crippen molar-refractivity contribution >= 4 is 16.8 Å². The van der Waals surface area contributed by atoms with Crippen LogP contribution >= 0.6 is 0 Å². The maximum atomic E-state index is 12.4. The molecule has 0 fully saturated rings. The van der Waals surface area contributed by atoms with Gasteiger partial charge < -0.3 is 9.88 Å². The van der Waals surface area contributed by atoms with E-state index in [1.54, 1.807) is 0 Å². The van der Waals surface area contributed by atoms with Crippen LogP contribution in [0, 0.1) is 0 Å². The predicted molar refractivity (Wildman–Crippen MR) is 113 cm³/mol. The Balaban J connectivity index is 1.35. The lowest BCUT2D eigenvalue weighted by Crippen LogP contribution is -2.30. The summed E-state index contributed by atoms with van der Waals surface area (Å²) in [4.78, 5) is 24.5. The highest BCUT2D eigenvalue weighted by Gasteiger charge is 2.09. The van der Waals surface area contributed by atoms with Gasteiger partial charge in [0, 0.05) is 30.9 Å².